The molecule has 1 heterocycles. The number of likely N-dealkylation sites (tertiary alicyclic amines) is 1. The molecule has 1 fully saturated rings. The van der Waals surface area contributed by atoms with E-state index in [1.165, 1.54) is 4.90 Å². The van der Waals surface area contributed by atoms with Crippen LogP contribution in [0, 0.1) is 0 Å². The molecule has 1 aliphatic rings. The number of rotatable bonds is 14. The van der Waals surface area contributed by atoms with Crippen molar-refractivity contribution in [1.82, 2.24) is 4.90 Å². The fraction of sp³-hybridized carbons (Fsp3) is 0.481. The number of aryl methyl sites for hydroxylation is 1. The molecule has 38 heavy (non-hydrogen) atoms. The number of carbonyl (C=O) groups excluding carboxylic acids is 2. The van der Waals surface area contributed by atoms with Crippen molar-refractivity contribution in [2.45, 2.75) is 63.0 Å². The Morgan fingerprint density at radius 3 is 2.24 bits per heavy atom. The van der Waals surface area contributed by atoms with E-state index in [9.17, 15) is 24.2 Å². The van der Waals surface area contributed by atoms with Gasteiger partial charge in [-0.3, -0.25) is 4.79 Å². The maximum absolute atomic E-state index is 13.4. The van der Waals surface area contributed by atoms with Crippen molar-refractivity contribution in [2.75, 3.05) is 19.3 Å². The van der Waals surface area contributed by atoms with E-state index in [1.807, 2.05) is 60.7 Å². The summed E-state index contributed by atoms with van der Waals surface area (Å²) in [6, 6.07) is 18.0. The Bertz CT molecular complexity index is 1030. The third-order valence-corrected chi connectivity index (χ3v) is 8.04. The molecule has 0 spiro atoms. The number of aliphatic carboxylic acids is 1. The molecule has 1 aliphatic heterocycles. The van der Waals surface area contributed by atoms with Gasteiger partial charge in [-0.15, -0.1) is 0 Å². The van der Waals surface area contributed by atoms with E-state index in [2.05, 4.69) is 0 Å². The van der Waals surface area contributed by atoms with Crippen molar-refractivity contribution in [1.29, 1.82) is 0 Å². The molecule has 1 amide bonds. The first-order valence-electron chi connectivity index (χ1n) is 12.6. The largest absolute Gasteiger partial charge is 1.00 e. The molecule has 2 aromatic rings. The average molecular weight is 528 g/mol. The molecule has 4 atom stereocenters. The van der Waals surface area contributed by atoms with E-state index in [1.54, 1.807) is 0 Å². The van der Waals surface area contributed by atoms with E-state index in [-0.39, 0.29) is 69.2 Å². The standard InChI is InChI=1S/C27H37N2O6P.2Li/c28-17-9-7-16-25(35-36(33,34)18-10-8-13-21-11-3-1-4-12-21)26(30)29-20-23(19-24(29)27(31)32)22-14-5-2-6-15-22;;/h1-6,11-12,14-15,23-25H,7-10,13,16-20,28H2,(H,31,32)(H,33,34);;/q;2*+1/p-2/t23-,24+,25+;;/m1../s1. The number of hydrogen-bond donors (Lipinski definition) is 1. The van der Waals surface area contributed by atoms with Gasteiger partial charge >= 0.3 is 37.7 Å². The van der Waals surface area contributed by atoms with Gasteiger partial charge in [-0.25, -0.2) is 0 Å². The summed E-state index contributed by atoms with van der Waals surface area (Å²) in [4.78, 5) is 39.3. The first-order valence-corrected chi connectivity index (χ1v) is 14.3. The Hall–Kier alpha value is -1.32. The van der Waals surface area contributed by atoms with Gasteiger partial charge in [0.1, 0.15) is 13.7 Å². The summed E-state index contributed by atoms with van der Waals surface area (Å²) in [5.41, 5.74) is 7.63. The van der Waals surface area contributed by atoms with Gasteiger partial charge in [-0.1, -0.05) is 60.7 Å². The number of carboxylic acids is 1. The summed E-state index contributed by atoms with van der Waals surface area (Å²) in [7, 11) is -4.32. The fourth-order valence-electron chi connectivity index (χ4n) is 4.68. The van der Waals surface area contributed by atoms with Crippen LogP contribution < -0.4 is 53.5 Å². The van der Waals surface area contributed by atoms with Gasteiger partial charge < -0.3 is 34.5 Å². The Balaban J connectivity index is 0.00000361. The van der Waals surface area contributed by atoms with Crippen LogP contribution in [0.5, 0.6) is 0 Å². The molecule has 196 valence electrons. The summed E-state index contributed by atoms with van der Waals surface area (Å²) in [6.07, 6.45) is 1.82. The van der Waals surface area contributed by atoms with Gasteiger partial charge in [0.25, 0.3) is 5.91 Å². The van der Waals surface area contributed by atoms with Crippen LogP contribution in [-0.4, -0.2) is 48.2 Å². The topological polar surface area (TPSA) is 136 Å². The molecule has 0 bridgehead atoms. The Kier molecular flexibility index (Phi) is 15.9. The van der Waals surface area contributed by atoms with Crippen LogP contribution in [-0.2, 0) is 25.1 Å². The van der Waals surface area contributed by atoms with Crippen molar-refractivity contribution in [2.24, 2.45) is 5.73 Å². The number of hydrogen-bond acceptors (Lipinski definition) is 7. The molecule has 1 saturated heterocycles. The molecule has 0 saturated carbocycles. The predicted molar refractivity (Wildman–Crippen MR) is 134 cm³/mol. The van der Waals surface area contributed by atoms with Crippen LogP contribution in [0.2, 0.25) is 0 Å². The normalized spacial score (nSPS) is 19.1. The zero-order valence-corrected chi connectivity index (χ0v) is 23.4. The van der Waals surface area contributed by atoms with Crippen LogP contribution in [0.1, 0.15) is 55.6 Å². The number of amides is 1. The van der Waals surface area contributed by atoms with Crippen LogP contribution in [0.25, 0.3) is 0 Å². The van der Waals surface area contributed by atoms with Crippen LogP contribution in [0.3, 0.4) is 0 Å². The number of carboxylic acid groups (broad SMARTS) is 1. The zero-order valence-electron chi connectivity index (χ0n) is 22.5. The van der Waals surface area contributed by atoms with Crippen LogP contribution >= 0.6 is 7.60 Å². The van der Waals surface area contributed by atoms with Gasteiger partial charge in [-0.2, -0.15) is 0 Å². The SMILES string of the molecule is NCCCC[C@H](OP(=O)([O-])CCCCc1ccccc1)C(=O)N1C[C@H](c2ccccc2)C[C@H]1C(=O)[O-].[Li+].[Li+]. The number of unbranched alkanes of at least 4 members (excludes halogenated alkanes) is 2. The van der Waals surface area contributed by atoms with Crippen molar-refractivity contribution in [3.8, 4) is 0 Å². The number of benzene rings is 2. The second-order valence-electron chi connectivity index (χ2n) is 9.32. The quantitative estimate of drug-likeness (QED) is 0.151. The minimum absolute atomic E-state index is 0. The Morgan fingerprint density at radius 1 is 1.00 bits per heavy atom. The maximum atomic E-state index is 13.4. The van der Waals surface area contributed by atoms with Gasteiger partial charge in [0.15, 0.2) is 0 Å². The molecular formula is C27H35Li2N2O6P. The van der Waals surface area contributed by atoms with Crippen LogP contribution in [0.4, 0.5) is 0 Å². The first-order chi connectivity index (χ1) is 17.3. The predicted octanol–water partition coefficient (Wildman–Crippen LogP) is -3.78. The van der Waals surface area contributed by atoms with Gasteiger partial charge in [0.2, 0.25) is 0 Å². The molecule has 2 aromatic carbocycles. The molecule has 0 aromatic heterocycles. The van der Waals surface area contributed by atoms with E-state index < -0.39 is 31.6 Å². The van der Waals surface area contributed by atoms with Crippen molar-refractivity contribution < 1.29 is 66.4 Å². The van der Waals surface area contributed by atoms with Gasteiger partial charge in [0, 0.05) is 18.6 Å². The second-order valence-corrected chi connectivity index (χ2v) is 11.2. The number of nitrogens with two attached hydrogens (primary N) is 1. The van der Waals surface area contributed by atoms with Crippen molar-refractivity contribution >= 4 is 19.5 Å². The molecule has 11 heteroatoms. The molecule has 3 rings (SSSR count). The van der Waals surface area contributed by atoms with Gasteiger partial charge in [-0.05, 0) is 62.6 Å². The number of nitrogens with zero attached hydrogens (tertiary/aromatic N) is 1. The zero-order chi connectivity index (χ0) is 26.0. The third kappa shape index (κ3) is 10.7. The summed E-state index contributed by atoms with van der Waals surface area (Å²) < 4.78 is 18.2. The smallest absolute Gasteiger partial charge is 0.778 e. The third-order valence-electron chi connectivity index (χ3n) is 6.60. The summed E-state index contributed by atoms with van der Waals surface area (Å²) in [5.74, 6) is -2.16. The average Bonchev–Trinajstić information content (AvgIpc) is 3.33. The Morgan fingerprint density at radius 2 is 1.63 bits per heavy atom. The molecule has 2 N–H and O–H groups in total. The molecule has 0 aliphatic carbocycles. The van der Waals surface area contributed by atoms with Gasteiger partial charge in [0.05, 0.1) is 12.0 Å². The summed E-state index contributed by atoms with van der Waals surface area (Å²) >= 11 is 0. The molecule has 8 nitrogen and oxygen atoms in total. The summed E-state index contributed by atoms with van der Waals surface area (Å²) in [5, 5.41) is 11.9. The van der Waals surface area contributed by atoms with E-state index in [0.29, 0.717) is 32.2 Å². The van der Waals surface area contributed by atoms with E-state index in [4.69, 9.17) is 10.3 Å². The Labute approximate surface area is 249 Å². The minimum Gasteiger partial charge on any atom is -0.778 e. The fourth-order valence-corrected chi connectivity index (χ4v) is 5.98. The molecule has 0 radical (unpaired) electrons. The minimum atomic E-state index is -4.32. The summed E-state index contributed by atoms with van der Waals surface area (Å²) in [6.45, 7) is 0.565. The van der Waals surface area contributed by atoms with Crippen molar-refractivity contribution in [3.05, 3.63) is 71.8 Å². The second kappa shape index (κ2) is 17.4. The van der Waals surface area contributed by atoms with E-state index >= 15 is 0 Å². The maximum Gasteiger partial charge on any atom is 1.00 e. The monoisotopic (exact) mass is 528 g/mol. The number of carbonyl (C=O) groups is 2. The van der Waals surface area contributed by atoms with Crippen molar-refractivity contribution in [3.63, 3.8) is 0 Å². The first kappa shape index (κ1) is 34.7. The molecule has 1 unspecified atom stereocenters. The van der Waals surface area contributed by atoms with Crippen LogP contribution in [0.15, 0.2) is 60.7 Å². The van der Waals surface area contributed by atoms with E-state index in [0.717, 1.165) is 17.5 Å². The molecular weight excluding hydrogens is 493 g/mol.